The van der Waals surface area contributed by atoms with Crippen LogP contribution < -0.4 is 5.32 Å². The lowest BCUT2D eigenvalue weighted by atomic mass is 10.00. The average Bonchev–Trinajstić information content (AvgIpc) is 2.88. The van der Waals surface area contributed by atoms with Gasteiger partial charge in [0.05, 0.1) is 12.6 Å². The topological polar surface area (TPSA) is 110 Å². The number of aliphatic carboxylic acids is 1. The van der Waals surface area contributed by atoms with Crippen molar-refractivity contribution >= 4 is 12.0 Å². The molecule has 0 bridgehead atoms. The van der Waals surface area contributed by atoms with Gasteiger partial charge in [0.25, 0.3) is 0 Å². The maximum absolute atomic E-state index is 11.7. The molecule has 0 radical (unpaired) electrons. The van der Waals surface area contributed by atoms with Crippen molar-refractivity contribution in [2.24, 2.45) is 11.8 Å². The van der Waals surface area contributed by atoms with Crippen LogP contribution in [-0.2, 0) is 4.79 Å². The van der Waals surface area contributed by atoms with Crippen molar-refractivity contribution in [2.75, 3.05) is 19.6 Å². The van der Waals surface area contributed by atoms with Crippen molar-refractivity contribution in [3.05, 3.63) is 0 Å². The Morgan fingerprint density at radius 2 is 2.06 bits per heavy atom. The zero-order chi connectivity index (χ0) is 13.3. The molecule has 0 aromatic carbocycles. The van der Waals surface area contributed by atoms with E-state index < -0.39 is 12.1 Å². The Bertz CT molecular complexity index is 348. The Balaban J connectivity index is 1.79. The van der Waals surface area contributed by atoms with E-state index in [4.69, 9.17) is 10.2 Å². The maximum atomic E-state index is 11.7. The fourth-order valence-electron chi connectivity index (χ4n) is 2.79. The molecule has 1 heterocycles. The Hall–Kier alpha value is -1.34. The zero-order valence-corrected chi connectivity index (χ0v) is 9.95. The van der Waals surface area contributed by atoms with E-state index in [2.05, 4.69) is 5.32 Å². The number of urea groups is 1. The lowest BCUT2D eigenvalue weighted by Crippen LogP contribution is -2.44. The first kappa shape index (κ1) is 13.1. The van der Waals surface area contributed by atoms with Gasteiger partial charge >= 0.3 is 12.0 Å². The number of carbonyl (C=O) groups is 2. The summed E-state index contributed by atoms with van der Waals surface area (Å²) in [6.07, 6.45) is -0.199. The fraction of sp³-hybridized carbons (Fsp3) is 0.818. The van der Waals surface area contributed by atoms with Crippen LogP contribution in [-0.4, -0.2) is 64.1 Å². The summed E-state index contributed by atoms with van der Waals surface area (Å²) in [6, 6.07) is -0.378. The van der Waals surface area contributed by atoms with Crippen molar-refractivity contribution in [3.63, 3.8) is 0 Å². The molecule has 1 aliphatic carbocycles. The number of carboxylic acid groups (broad SMARTS) is 1. The van der Waals surface area contributed by atoms with E-state index in [0.717, 1.165) is 12.8 Å². The number of fused-ring (bicyclic) bond motifs is 1. The van der Waals surface area contributed by atoms with Gasteiger partial charge in [0.1, 0.15) is 0 Å². The van der Waals surface area contributed by atoms with Gasteiger partial charge in [-0.25, -0.2) is 9.59 Å². The van der Waals surface area contributed by atoms with Gasteiger partial charge in [-0.15, -0.1) is 0 Å². The minimum absolute atomic E-state index is 0.139. The predicted octanol–water partition coefficient (Wildman–Crippen LogP) is -1.16. The molecule has 0 aromatic heterocycles. The van der Waals surface area contributed by atoms with Gasteiger partial charge in [0.2, 0.25) is 0 Å². The van der Waals surface area contributed by atoms with E-state index in [1.165, 1.54) is 0 Å². The molecule has 1 saturated carbocycles. The molecule has 2 amide bonds. The van der Waals surface area contributed by atoms with Crippen LogP contribution in [0.4, 0.5) is 4.79 Å². The Kier molecular flexibility index (Phi) is 3.72. The van der Waals surface area contributed by atoms with Crippen LogP contribution in [0.25, 0.3) is 0 Å². The highest BCUT2D eigenvalue weighted by Gasteiger charge is 2.43. The number of amides is 2. The number of hydrogen-bond acceptors (Lipinski definition) is 4. The summed E-state index contributed by atoms with van der Waals surface area (Å²) in [6.45, 7) is 0.792. The molecule has 7 heteroatoms. The van der Waals surface area contributed by atoms with Gasteiger partial charge in [0.15, 0.2) is 6.10 Å². The number of nitrogens with one attached hydrogen (secondary N) is 1. The third-order valence-electron chi connectivity index (χ3n) is 3.84. The number of likely N-dealkylation sites (tertiary alicyclic amines) is 1. The van der Waals surface area contributed by atoms with Crippen molar-refractivity contribution in [3.8, 4) is 0 Å². The highest BCUT2D eigenvalue weighted by atomic mass is 16.4. The SMILES string of the molecule is O=C(O)[C@@H](O)CNC(=O)N1CC2CCC(O)C2C1. The Labute approximate surface area is 104 Å². The van der Waals surface area contributed by atoms with E-state index in [1.807, 2.05) is 0 Å². The number of hydrogen-bond donors (Lipinski definition) is 4. The van der Waals surface area contributed by atoms with Gasteiger partial charge < -0.3 is 25.5 Å². The number of aliphatic hydroxyl groups excluding tert-OH is 2. The Morgan fingerprint density at radius 1 is 1.33 bits per heavy atom. The van der Waals surface area contributed by atoms with Gasteiger partial charge in [-0.3, -0.25) is 0 Å². The second kappa shape index (κ2) is 5.11. The molecule has 18 heavy (non-hydrogen) atoms. The van der Waals surface area contributed by atoms with E-state index in [1.54, 1.807) is 4.90 Å². The summed E-state index contributed by atoms with van der Waals surface area (Å²) < 4.78 is 0. The highest BCUT2D eigenvalue weighted by molar-refractivity contribution is 5.77. The molecular weight excluding hydrogens is 240 g/mol. The Morgan fingerprint density at radius 3 is 2.67 bits per heavy atom. The van der Waals surface area contributed by atoms with Gasteiger partial charge in [-0.05, 0) is 18.8 Å². The van der Waals surface area contributed by atoms with Crippen molar-refractivity contribution in [2.45, 2.75) is 25.0 Å². The smallest absolute Gasteiger partial charge is 0.334 e. The van der Waals surface area contributed by atoms with Crippen molar-refractivity contribution < 1.29 is 24.9 Å². The van der Waals surface area contributed by atoms with Crippen LogP contribution in [0.15, 0.2) is 0 Å². The fourth-order valence-corrected chi connectivity index (χ4v) is 2.79. The quantitative estimate of drug-likeness (QED) is 0.510. The summed E-state index contributed by atoms with van der Waals surface area (Å²) in [5.74, 6) is -0.876. The predicted molar refractivity (Wildman–Crippen MR) is 60.8 cm³/mol. The summed E-state index contributed by atoms with van der Waals surface area (Å²) in [5, 5.41) is 29.6. The molecule has 0 aromatic rings. The van der Waals surface area contributed by atoms with Crippen molar-refractivity contribution in [1.82, 2.24) is 10.2 Å². The van der Waals surface area contributed by atoms with Crippen LogP contribution in [0.1, 0.15) is 12.8 Å². The molecule has 2 aliphatic rings. The number of rotatable bonds is 3. The van der Waals surface area contributed by atoms with E-state index in [9.17, 15) is 14.7 Å². The summed E-state index contributed by atoms with van der Waals surface area (Å²) >= 11 is 0. The van der Waals surface area contributed by atoms with E-state index in [-0.39, 0.29) is 24.6 Å². The second-order valence-electron chi connectivity index (χ2n) is 5.01. The first-order valence-corrected chi connectivity index (χ1v) is 6.10. The molecule has 0 spiro atoms. The van der Waals surface area contributed by atoms with Crippen molar-refractivity contribution in [1.29, 1.82) is 0 Å². The minimum Gasteiger partial charge on any atom is -0.479 e. The standard InChI is InChI=1S/C11H18N2O5/c14-8-2-1-6-4-13(5-7(6)8)11(18)12-3-9(15)10(16)17/h6-9,14-15H,1-5H2,(H,12,18)(H,16,17)/t6?,7?,8?,9-/m0/s1. The zero-order valence-electron chi connectivity index (χ0n) is 9.95. The molecule has 2 fully saturated rings. The lowest BCUT2D eigenvalue weighted by Gasteiger charge is -2.19. The first-order chi connectivity index (χ1) is 8.49. The van der Waals surface area contributed by atoms with Crippen LogP contribution >= 0.6 is 0 Å². The first-order valence-electron chi connectivity index (χ1n) is 6.10. The molecule has 7 nitrogen and oxygen atoms in total. The molecule has 4 atom stereocenters. The summed E-state index contributed by atoms with van der Waals surface area (Å²) in [4.78, 5) is 23.7. The number of carboxylic acids is 1. The minimum atomic E-state index is -1.58. The average molecular weight is 258 g/mol. The van der Waals surface area contributed by atoms with Crippen LogP contribution in [0, 0.1) is 11.8 Å². The van der Waals surface area contributed by atoms with Gasteiger partial charge in [0, 0.05) is 19.0 Å². The van der Waals surface area contributed by atoms with E-state index in [0.29, 0.717) is 19.0 Å². The monoisotopic (exact) mass is 258 g/mol. The molecular formula is C11H18N2O5. The van der Waals surface area contributed by atoms with E-state index >= 15 is 0 Å². The molecule has 1 aliphatic heterocycles. The van der Waals surface area contributed by atoms with Crippen LogP contribution in [0.2, 0.25) is 0 Å². The van der Waals surface area contributed by atoms with Gasteiger partial charge in [-0.2, -0.15) is 0 Å². The number of aliphatic hydroxyl groups is 2. The maximum Gasteiger partial charge on any atom is 0.334 e. The van der Waals surface area contributed by atoms with Gasteiger partial charge in [-0.1, -0.05) is 0 Å². The highest BCUT2D eigenvalue weighted by Crippen LogP contribution is 2.37. The largest absolute Gasteiger partial charge is 0.479 e. The molecule has 1 saturated heterocycles. The summed E-state index contributed by atoms with van der Waals surface area (Å²) in [7, 11) is 0. The molecule has 3 unspecified atom stereocenters. The lowest BCUT2D eigenvalue weighted by molar-refractivity contribution is -0.146. The second-order valence-corrected chi connectivity index (χ2v) is 5.01. The third kappa shape index (κ3) is 2.56. The molecule has 102 valence electrons. The van der Waals surface area contributed by atoms with Crippen LogP contribution in [0.3, 0.4) is 0 Å². The molecule has 4 N–H and O–H groups in total. The third-order valence-corrected chi connectivity index (χ3v) is 3.84. The molecule has 2 rings (SSSR count). The van der Waals surface area contributed by atoms with Crippen LogP contribution in [0.5, 0.6) is 0 Å². The number of carbonyl (C=O) groups excluding carboxylic acids is 1. The normalized spacial score (nSPS) is 32.1. The number of nitrogens with zero attached hydrogens (tertiary/aromatic N) is 1. The summed E-state index contributed by atoms with van der Waals surface area (Å²) in [5.41, 5.74) is 0.